The van der Waals surface area contributed by atoms with Gasteiger partial charge in [0.2, 0.25) is 0 Å². The molecule has 1 amide bonds. The van der Waals surface area contributed by atoms with Crippen molar-refractivity contribution in [2.24, 2.45) is 0 Å². The quantitative estimate of drug-likeness (QED) is 0.406. The Kier molecular flexibility index (Phi) is 4.64. The van der Waals surface area contributed by atoms with E-state index in [0.29, 0.717) is 22.9 Å². The first-order valence-corrected chi connectivity index (χ1v) is 9.87. The highest BCUT2D eigenvalue weighted by Gasteiger charge is 2.25. The molecule has 1 unspecified atom stereocenters. The smallest absolute Gasteiger partial charge is 0.258 e. The molecule has 30 heavy (non-hydrogen) atoms. The average molecular weight is 403 g/mol. The molecule has 4 N–H and O–H groups in total. The highest BCUT2D eigenvalue weighted by molar-refractivity contribution is 6.03. The van der Waals surface area contributed by atoms with E-state index in [1.54, 1.807) is 18.3 Å². The van der Waals surface area contributed by atoms with Gasteiger partial charge in [-0.3, -0.25) is 9.89 Å². The number of rotatable bonds is 5. The molecule has 0 saturated carbocycles. The van der Waals surface area contributed by atoms with Crippen LogP contribution in [-0.4, -0.2) is 55.4 Å². The van der Waals surface area contributed by atoms with Gasteiger partial charge in [0.25, 0.3) is 5.91 Å². The first kappa shape index (κ1) is 18.3. The Bertz CT molecular complexity index is 1150. The number of aromatic amines is 2. The summed E-state index contributed by atoms with van der Waals surface area (Å²) in [5.41, 5.74) is 2.91. The number of H-pyrrole nitrogens is 2. The van der Waals surface area contributed by atoms with E-state index in [1.807, 2.05) is 30.3 Å². The van der Waals surface area contributed by atoms with Crippen molar-refractivity contribution in [2.75, 3.05) is 23.4 Å². The van der Waals surface area contributed by atoms with Gasteiger partial charge in [0, 0.05) is 18.8 Å². The van der Waals surface area contributed by atoms with Crippen LogP contribution in [0.2, 0.25) is 0 Å². The molecule has 1 aliphatic heterocycles. The predicted molar refractivity (Wildman–Crippen MR) is 113 cm³/mol. The number of aliphatic hydroxyl groups is 1. The summed E-state index contributed by atoms with van der Waals surface area (Å²) in [5.74, 6) is 1.53. The minimum atomic E-state index is -0.295. The zero-order chi connectivity index (χ0) is 20.5. The van der Waals surface area contributed by atoms with Gasteiger partial charge in [-0.25, -0.2) is 9.97 Å². The van der Waals surface area contributed by atoms with E-state index >= 15 is 0 Å². The number of anilines is 2. The van der Waals surface area contributed by atoms with Crippen molar-refractivity contribution in [3.8, 4) is 11.5 Å². The Hall–Kier alpha value is -3.72. The molecule has 9 nitrogen and oxygen atoms in total. The summed E-state index contributed by atoms with van der Waals surface area (Å²) < 4.78 is 0. The van der Waals surface area contributed by atoms with Gasteiger partial charge in [-0.05, 0) is 37.1 Å². The SMILES string of the molecule is O=C(Nc1cc(-c2nc3ccccc3[nH]2)[nH]n1)c1ccc(N2CCCC2CO)nc1. The standard InChI is InChI=1S/C21H21N7O2/c29-12-14-4-3-9-28(14)19-8-7-13(11-22-19)21(30)25-18-10-17(26-27-18)20-23-15-5-1-2-6-16(15)24-20/h1-2,5-8,10-11,14,29H,3-4,9,12H2,(H,23,24)(H2,25,26,27,30). The van der Waals surface area contributed by atoms with E-state index in [4.69, 9.17) is 0 Å². The Morgan fingerprint density at radius 3 is 2.97 bits per heavy atom. The molecule has 1 atom stereocenters. The fourth-order valence-electron chi connectivity index (χ4n) is 3.79. The molecule has 1 aliphatic rings. The number of hydrogen-bond acceptors (Lipinski definition) is 6. The number of fused-ring (bicyclic) bond motifs is 1. The largest absolute Gasteiger partial charge is 0.394 e. The lowest BCUT2D eigenvalue weighted by atomic mass is 10.2. The van der Waals surface area contributed by atoms with Gasteiger partial charge >= 0.3 is 0 Å². The number of amides is 1. The molecule has 152 valence electrons. The molecule has 0 radical (unpaired) electrons. The van der Waals surface area contributed by atoms with Crippen LogP contribution < -0.4 is 10.2 Å². The Morgan fingerprint density at radius 1 is 1.27 bits per heavy atom. The number of aliphatic hydroxyl groups excluding tert-OH is 1. The van der Waals surface area contributed by atoms with Crippen LogP contribution >= 0.6 is 0 Å². The van der Waals surface area contributed by atoms with Crippen LogP contribution in [0.4, 0.5) is 11.6 Å². The molecule has 0 bridgehead atoms. The van der Waals surface area contributed by atoms with Crippen LogP contribution in [0.1, 0.15) is 23.2 Å². The number of nitrogens with zero attached hydrogens (tertiary/aromatic N) is 4. The summed E-state index contributed by atoms with van der Waals surface area (Å²) in [4.78, 5) is 26.8. The maximum Gasteiger partial charge on any atom is 0.258 e. The Balaban J connectivity index is 1.29. The molecule has 4 heterocycles. The maximum atomic E-state index is 12.6. The number of aromatic nitrogens is 5. The molecule has 1 fully saturated rings. The van der Waals surface area contributed by atoms with Gasteiger partial charge in [-0.15, -0.1) is 0 Å². The number of benzene rings is 1. The van der Waals surface area contributed by atoms with Crippen LogP contribution in [-0.2, 0) is 0 Å². The third kappa shape index (κ3) is 3.39. The molecule has 1 saturated heterocycles. The van der Waals surface area contributed by atoms with Crippen molar-refractivity contribution in [3.05, 3.63) is 54.2 Å². The lowest BCUT2D eigenvalue weighted by Gasteiger charge is -2.24. The number of carbonyl (C=O) groups excluding carboxylic acids is 1. The van der Waals surface area contributed by atoms with Crippen LogP contribution in [0.3, 0.4) is 0 Å². The second kappa shape index (κ2) is 7.60. The first-order chi connectivity index (χ1) is 14.7. The highest BCUT2D eigenvalue weighted by Crippen LogP contribution is 2.24. The molecule has 4 aromatic rings. The van der Waals surface area contributed by atoms with Crippen LogP contribution in [0, 0.1) is 0 Å². The van der Waals surface area contributed by atoms with Crippen molar-refractivity contribution in [3.63, 3.8) is 0 Å². The van der Waals surface area contributed by atoms with Crippen molar-refractivity contribution >= 4 is 28.6 Å². The van der Waals surface area contributed by atoms with E-state index in [-0.39, 0.29) is 18.6 Å². The fourth-order valence-corrected chi connectivity index (χ4v) is 3.79. The summed E-state index contributed by atoms with van der Waals surface area (Å²) in [6.07, 6.45) is 3.53. The minimum Gasteiger partial charge on any atom is -0.394 e. The van der Waals surface area contributed by atoms with Crippen molar-refractivity contribution in [2.45, 2.75) is 18.9 Å². The molecule has 5 rings (SSSR count). The third-order valence-corrected chi connectivity index (χ3v) is 5.36. The number of imidazole rings is 1. The number of nitrogens with one attached hydrogen (secondary N) is 3. The monoisotopic (exact) mass is 403 g/mol. The van der Waals surface area contributed by atoms with Crippen molar-refractivity contribution in [1.82, 2.24) is 25.1 Å². The zero-order valence-corrected chi connectivity index (χ0v) is 16.2. The van der Waals surface area contributed by atoms with E-state index in [9.17, 15) is 9.90 Å². The Morgan fingerprint density at radius 2 is 2.17 bits per heavy atom. The summed E-state index contributed by atoms with van der Waals surface area (Å²) >= 11 is 0. The van der Waals surface area contributed by atoms with E-state index in [1.165, 1.54) is 0 Å². The molecule has 0 aliphatic carbocycles. The van der Waals surface area contributed by atoms with E-state index in [2.05, 4.69) is 35.4 Å². The maximum absolute atomic E-state index is 12.6. The summed E-state index contributed by atoms with van der Waals surface area (Å²) in [5, 5.41) is 19.3. The first-order valence-electron chi connectivity index (χ1n) is 9.87. The van der Waals surface area contributed by atoms with Gasteiger partial charge in [-0.1, -0.05) is 12.1 Å². The number of para-hydroxylation sites is 2. The van der Waals surface area contributed by atoms with Gasteiger partial charge in [-0.2, -0.15) is 5.10 Å². The number of carbonyl (C=O) groups is 1. The van der Waals surface area contributed by atoms with Gasteiger partial charge in [0.1, 0.15) is 11.5 Å². The lowest BCUT2D eigenvalue weighted by molar-refractivity contribution is 0.102. The zero-order valence-electron chi connectivity index (χ0n) is 16.2. The van der Waals surface area contributed by atoms with E-state index < -0.39 is 0 Å². The van der Waals surface area contributed by atoms with Crippen LogP contribution in [0.5, 0.6) is 0 Å². The predicted octanol–water partition coefficient (Wildman–Crippen LogP) is 2.56. The molecule has 3 aromatic heterocycles. The minimum absolute atomic E-state index is 0.0953. The second-order valence-electron chi connectivity index (χ2n) is 7.30. The average Bonchev–Trinajstić information content (AvgIpc) is 3.52. The lowest BCUT2D eigenvalue weighted by Crippen LogP contribution is -2.32. The van der Waals surface area contributed by atoms with Gasteiger partial charge < -0.3 is 20.3 Å². The van der Waals surface area contributed by atoms with Crippen molar-refractivity contribution in [1.29, 1.82) is 0 Å². The Labute approximate surface area is 172 Å². The summed E-state index contributed by atoms with van der Waals surface area (Å²) in [7, 11) is 0. The summed E-state index contributed by atoms with van der Waals surface area (Å²) in [6, 6.07) is 13.1. The number of hydrogen-bond donors (Lipinski definition) is 4. The fraction of sp³-hybridized carbons (Fsp3) is 0.238. The van der Waals surface area contributed by atoms with Crippen molar-refractivity contribution < 1.29 is 9.90 Å². The molecule has 9 heteroatoms. The molecule has 1 aromatic carbocycles. The molecule has 0 spiro atoms. The van der Waals surface area contributed by atoms with Gasteiger partial charge in [0.05, 0.1) is 29.2 Å². The summed E-state index contributed by atoms with van der Waals surface area (Å²) in [6.45, 7) is 0.970. The van der Waals surface area contributed by atoms with Gasteiger partial charge in [0.15, 0.2) is 11.6 Å². The highest BCUT2D eigenvalue weighted by atomic mass is 16.3. The normalized spacial score (nSPS) is 16.3. The third-order valence-electron chi connectivity index (χ3n) is 5.36. The van der Waals surface area contributed by atoms with Crippen LogP contribution in [0.25, 0.3) is 22.6 Å². The topological polar surface area (TPSA) is 123 Å². The van der Waals surface area contributed by atoms with Crippen LogP contribution in [0.15, 0.2) is 48.7 Å². The molecular formula is C21H21N7O2. The van der Waals surface area contributed by atoms with E-state index in [0.717, 1.165) is 36.2 Å². The molecular weight excluding hydrogens is 382 g/mol. The second-order valence-corrected chi connectivity index (χ2v) is 7.30. The number of pyridine rings is 1.